The van der Waals surface area contributed by atoms with E-state index >= 15 is 0 Å². The Kier molecular flexibility index (Phi) is 2.73. The van der Waals surface area contributed by atoms with Gasteiger partial charge in [-0.05, 0) is 32.2 Å². The fraction of sp³-hybridized carbons (Fsp3) is 0.909. The molecule has 1 spiro atoms. The summed E-state index contributed by atoms with van der Waals surface area (Å²) in [7, 11) is 0. The number of carbonyl (C=O) groups is 1. The maximum absolute atomic E-state index is 11.6. The van der Waals surface area contributed by atoms with Crippen LogP contribution in [0, 0.1) is 5.92 Å². The van der Waals surface area contributed by atoms with Gasteiger partial charge in [0.15, 0.2) is 0 Å². The Bertz CT molecular complexity index is 267. The van der Waals surface area contributed by atoms with Gasteiger partial charge in [-0.25, -0.2) is 0 Å². The number of β-lactam (4-membered cyclic amide) rings is 1. The quantitative estimate of drug-likeness (QED) is 0.646. The average Bonchev–Trinajstić information content (AvgIpc) is 2.61. The van der Waals surface area contributed by atoms with Crippen molar-refractivity contribution in [3.63, 3.8) is 0 Å². The third-order valence-corrected chi connectivity index (χ3v) is 3.92. The number of aliphatic hydroxyl groups is 1. The first-order valence-electron chi connectivity index (χ1n) is 5.78. The number of hydrogen-bond donors (Lipinski definition) is 2. The molecular formula is C11H20N2O2. The van der Waals surface area contributed by atoms with E-state index in [2.05, 4.69) is 10.2 Å². The first kappa shape index (κ1) is 10.9. The van der Waals surface area contributed by atoms with Crippen LogP contribution in [0.1, 0.15) is 26.7 Å². The van der Waals surface area contributed by atoms with Crippen molar-refractivity contribution in [1.82, 2.24) is 10.2 Å². The van der Waals surface area contributed by atoms with Crippen LogP contribution in [0.5, 0.6) is 0 Å². The van der Waals surface area contributed by atoms with E-state index in [4.69, 9.17) is 0 Å². The normalized spacial score (nSPS) is 35.0. The van der Waals surface area contributed by atoms with E-state index in [0.29, 0.717) is 0 Å². The third kappa shape index (κ3) is 1.66. The van der Waals surface area contributed by atoms with Crippen LogP contribution in [0.25, 0.3) is 0 Å². The number of aliphatic hydroxyl groups excluding tert-OH is 1. The van der Waals surface area contributed by atoms with Crippen molar-refractivity contribution in [2.75, 3.05) is 19.6 Å². The van der Waals surface area contributed by atoms with Gasteiger partial charge in [-0.15, -0.1) is 0 Å². The molecule has 2 saturated heterocycles. The van der Waals surface area contributed by atoms with Gasteiger partial charge in [-0.2, -0.15) is 0 Å². The standard InChI is InChI=1S/C11H20N2O2/c1-8(9(2)14)6-13-5-3-4-11(13)7-12-10(11)15/h8-9,14H,3-7H2,1-2H3,(H,12,15). The highest BCUT2D eigenvalue weighted by atomic mass is 16.3. The summed E-state index contributed by atoms with van der Waals surface area (Å²) in [6, 6.07) is 0. The number of nitrogens with zero attached hydrogens (tertiary/aromatic N) is 1. The maximum atomic E-state index is 11.6. The summed E-state index contributed by atoms with van der Waals surface area (Å²) in [4.78, 5) is 13.9. The molecule has 2 heterocycles. The second kappa shape index (κ2) is 3.76. The van der Waals surface area contributed by atoms with E-state index in [1.807, 2.05) is 13.8 Å². The van der Waals surface area contributed by atoms with Crippen molar-refractivity contribution in [2.45, 2.75) is 38.3 Å². The molecule has 15 heavy (non-hydrogen) atoms. The lowest BCUT2D eigenvalue weighted by Crippen LogP contribution is -2.71. The lowest BCUT2D eigenvalue weighted by atomic mass is 9.87. The van der Waals surface area contributed by atoms with Gasteiger partial charge < -0.3 is 10.4 Å². The highest BCUT2D eigenvalue weighted by Gasteiger charge is 2.53. The van der Waals surface area contributed by atoms with Crippen LogP contribution in [0.4, 0.5) is 0 Å². The molecule has 2 aliphatic rings. The summed E-state index contributed by atoms with van der Waals surface area (Å²) in [5.74, 6) is 0.408. The zero-order valence-corrected chi connectivity index (χ0v) is 9.49. The number of rotatable bonds is 3. The molecular weight excluding hydrogens is 192 g/mol. The lowest BCUT2D eigenvalue weighted by Gasteiger charge is -2.45. The number of likely N-dealkylation sites (tertiary alicyclic amines) is 1. The Balaban J connectivity index is 2.00. The van der Waals surface area contributed by atoms with Gasteiger partial charge in [0.05, 0.1) is 6.10 Å². The van der Waals surface area contributed by atoms with E-state index in [9.17, 15) is 9.90 Å². The smallest absolute Gasteiger partial charge is 0.242 e. The molecule has 0 aromatic heterocycles. The van der Waals surface area contributed by atoms with Crippen LogP contribution in [-0.4, -0.2) is 47.2 Å². The molecule has 2 rings (SSSR count). The molecule has 0 aliphatic carbocycles. The Labute approximate surface area is 90.6 Å². The van der Waals surface area contributed by atoms with Crippen LogP contribution in [0.15, 0.2) is 0 Å². The highest BCUT2D eigenvalue weighted by molar-refractivity contribution is 5.92. The molecule has 1 amide bonds. The van der Waals surface area contributed by atoms with Crippen molar-refractivity contribution < 1.29 is 9.90 Å². The molecule has 4 nitrogen and oxygen atoms in total. The predicted molar refractivity (Wildman–Crippen MR) is 57.4 cm³/mol. The van der Waals surface area contributed by atoms with E-state index in [1.165, 1.54) is 0 Å². The lowest BCUT2D eigenvalue weighted by molar-refractivity contribution is -0.141. The van der Waals surface area contributed by atoms with Crippen LogP contribution >= 0.6 is 0 Å². The van der Waals surface area contributed by atoms with E-state index in [0.717, 1.165) is 32.5 Å². The molecule has 0 saturated carbocycles. The number of hydrogen-bond acceptors (Lipinski definition) is 3. The fourth-order valence-corrected chi connectivity index (χ4v) is 2.52. The topological polar surface area (TPSA) is 52.6 Å². The third-order valence-electron chi connectivity index (χ3n) is 3.92. The monoisotopic (exact) mass is 212 g/mol. The molecule has 0 aromatic rings. The summed E-state index contributed by atoms with van der Waals surface area (Å²) in [6.07, 6.45) is 1.77. The Hall–Kier alpha value is -0.610. The summed E-state index contributed by atoms with van der Waals surface area (Å²) < 4.78 is 0. The van der Waals surface area contributed by atoms with E-state index < -0.39 is 0 Å². The predicted octanol–water partition coefficient (Wildman–Crippen LogP) is -0.0323. The van der Waals surface area contributed by atoms with Crippen LogP contribution < -0.4 is 5.32 Å². The molecule has 2 fully saturated rings. The summed E-state index contributed by atoms with van der Waals surface area (Å²) in [5.41, 5.74) is -0.219. The van der Waals surface area contributed by atoms with Gasteiger partial charge >= 0.3 is 0 Å². The largest absolute Gasteiger partial charge is 0.393 e. The maximum Gasteiger partial charge on any atom is 0.242 e. The molecule has 2 N–H and O–H groups in total. The van der Waals surface area contributed by atoms with E-state index in [-0.39, 0.29) is 23.5 Å². The summed E-state index contributed by atoms with van der Waals surface area (Å²) in [6.45, 7) is 6.45. The van der Waals surface area contributed by atoms with Crippen LogP contribution in [0.3, 0.4) is 0 Å². The van der Waals surface area contributed by atoms with Gasteiger partial charge in [-0.3, -0.25) is 9.69 Å². The number of carbonyl (C=O) groups excluding carboxylic acids is 1. The van der Waals surface area contributed by atoms with Crippen molar-refractivity contribution in [3.8, 4) is 0 Å². The summed E-state index contributed by atoms with van der Waals surface area (Å²) >= 11 is 0. The van der Waals surface area contributed by atoms with Gasteiger partial charge in [0.2, 0.25) is 5.91 Å². The van der Waals surface area contributed by atoms with Gasteiger partial charge in [0, 0.05) is 13.1 Å². The molecule has 3 unspecified atom stereocenters. The molecule has 0 radical (unpaired) electrons. The second-order valence-corrected chi connectivity index (χ2v) is 4.98. The average molecular weight is 212 g/mol. The molecule has 0 aromatic carbocycles. The van der Waals surface area contributed by atoms with Gasteiger partial charge in [0.1, 0.15) is 5.54 Å². The van der Waals surface area contributed by atoms with Crippen LogP contribution in [-0.2, 0) is 4.79 Å². The zero-order chi connectivity index (χ0) is 11.1. The number of nitrogens with one attached hydrogen (secondary N) is 1. The van der Waals surface area contributed by atoms with E-state index in [1.54, 1.807) is 0 Å². The molecule has 4 heteroatoms. The Morgan fingerprint density at radius 1 is 1.60 bits per heavy atom. The molecule has 0 bridgehead atoms. The minimum absolute atomic E-state index is 0.179. The Morgan fingerprint density at radius 3 is 2.80 bits per heavy atom. The van der Waals surface area contributed by atoms with Gasteiger partial charge in [-0.1, -0.05) is 6.92 Å². The Morgan fingerprint density at radius 2 is 2.33 bits per heavy atom. The minimum Gasteiger partial charge on any atom is -0.393 e. The zero-order valence-electron chi connectivity index (χ0n) is 9.49. The fourth-order valence-electron chi connectivity index (χ4n) is 2.52. The summed E-state index contributed by atoms with van der Waals surface area (Å²) in [5, 5.41) is 12.3. The number of amides is 1. The van der Waals surface area contributed by atoms with Crippen molar-refractivity contribution in [1.29, 1.82) is 0 Å². The highest BCUT2D eigenvalue weighted by Crippen LogP contribution is 2.34. The second-order valence-electron chi connectivity index (χ2n) is 4.98. The molecule has 2 aliphatic heterocycles. The molecule has 3 atom stereocenters. The first-order valence-corrected chi connectivity index (χ1v) is 5.78. The van der Waals surface area contributed by atoms with Crippen LogP contribution in [0.2, 0.25) is 0 Å². The minimum atomic E-state index is -0.300. The molecule has 86 valence electrons. The first-order chi connectivity index (χ1) is 7.06. The van der Waals surface area contributed by atoms with Crippen molar-refractivity contribution in [2.24, 2.45) is 5.92 Å². The van der Waals surface area contributed by atoms with Crippen molar-refractivity contribution >= 4 is 5.91 Å². The van der Waals surface area contributed by atoms with Crippen molar-refractivity contribution in [3.05, 3.63) is 0 Å². The SMILES string of the molecule is CC(O)C(C)CN1CCCC12CNC2=O. The van der Waals surface area contributed by atoms with Gasteiger partial charge in [0.25, 0.3) is 0 Å².